The molecular formula is C24H36O7. The first-order valence-electron chi connectivity index (χ1n) is 11.3. The molecule has 4 rings (SSSR count). The maximum atomic E-state index is 12.1. The molecule has 0 aromatic rings. The molecule has 4 fully saturated rings. The molecule has 3 N–H and O–H groups in total. The maximum Gasteiger partial charge on any atom is 0.302 e. The number of carbonyl (C=O) groups is 2. The van der Waals surface area contributed by atoms with Crippen LogP contribution in [-0.4, -0.2) is 57.8 Å². The van der Waals surface area contributed by atoms with Crippen molar-refractivity contribution in [3.8, 4) is 0 Å². The number of carbonyl (C=O) groups excluding carboxylic acids is 2. The molecule has 31 heavy (non-hydrogen) atoms. The third-order valence-corrected chi connectivity index (χ3v) is 9.47. The highest BCUT2D eigenvalue weighted by molar-refractivity contribution is 5.67. The monoisotopic (exact) mass is 436 g/mol. The van der Waals surface area contributed by atoms with Crippen LogP contribution in [-0.2, 0) is 19.1 Å². The zero-order valence-corrected chi connectivity index (χ0v) is 19.1. The van der Waals surface area contributed by atoms with Crippen LogP contribution < -0.4 is 0 Å². The number of fused-ring (bicyclic) bond motifs is 3. The van der Waals surface area contributed by atoms with Gasteiger partial charge in [0.25, 0.3) is 0 Å². The number of rotatable bonds is 2. The van der Waals surface area contributed by atoms with E-state index in [1.807, 2.05) is 20.8 Å². The largest absolute Gasteiger partial charge is 0.462 e. The van der Waals surface area contributed by atoms with Gasteiger partial charge in [0, 0.05) is 37.0 Å². The molecule has 2 bridgehead atoms. The van der Waals surface area contributed by atoms with Crippen LogP contribution in [0.3, 0.4) is 0 Å². The van der Waals surface area contributed by atoms with Crippen LogP contribution in [0.1, 0.15) is 60.3 Å². The van der Waals surface area contributed by atoms with Crippen molar-refractivity contribution in [1.29, 1.82) is 0 Å². The standard InChI is InChI=1S/C24H36O7/c1-11-14-7-15(30-12(2)25)20-23(6)16(8-18(28)24(20,10-14)21(11)29)22(4,5)17(27)9-19(23)31-13(3)26/h14-21,27-29H,1,7-10H2,2-6H3/t14-,15+,16-,17+,18+,19+,20+,21-,23+,24+/m1/s1. The van der Waals surface area contributed by atoms with E-state index < -0.39 is 64.6 Å². The van der Waals surface area contributed by atoms with Gasteiger partial charge < -0.3 is 24.8 Å². The highest BCUT2D eigenvalue weighted by Gasteiger charge is 2.75. The van der Waals surface area contributed by atoms with Crippen molar-refractivity contribution >= 4 is 11.9 Å². The van der Waals surface area contributed by atoms with E-state index in [1.54, 1.807) is 0 Å². The molecule has 1 spiro atoms. The van der Waals surface area contributed by atoms with Gasteiger partial charge in [-0.05, 0) is 42.1 Å². The van der Waals surface area contributed by atoms with E-state index in [4.69, 9.17) is 9.47 Å². The van der Waals surface area contributed by atoms with Gasteiger partial charge in [0.1, 0.15) is 12.2 Å². The molecule has 174 valence electrons. The molecule has 4 saturated carbocycles. The summed E-state index contributed by atoms with van der Waals surface area (Å²) in [5.74, 6) is -1.56. The Morgan fingerprint density at radius 3 is 2.16 bits per heavy atom. The first-order valence-corrected chi connectivity index (χ1v) is 11.3. The molecule has 0 heterocycles. The van der Waals surface area contributed by atoms with Gasteiger partial charge in [-0.25, -0.2) is 0 Å². The lowest BCUT2D eigenvalue weighted by atomic mass is 9.38. The van der Waals surface area contributed by atoms with Crippen molar-refractivity contribution in [2.75, 3.05) is 0 Å². The summed E-state index contributed by atoms with van der Waals surface area (Å²) in [7, 11) is 0. The third-order valence-electron chi connectivity index (χ3n) is 9.47. The van der Waals surface area contributed by atoms with Gasteiger partial charge in [-0.3, -0.25) is 9.59 Å². The van der Waals surface area contributed by atoms with Gasteiger partial charge in [0.15, 0.2) is 0 Å². The first kappa shape index (κ1) is 22.7. The average molecular weight is 437 g/mol. The Morgan fingerprint density at radius 1 is 0.968 bits per heavy atom. The maximum absolute atomic E-state index is 12.1. The summed E-state index contributed by atoms with van der Waals surface area (Å²) < 4.78 is 11.6. The van der Waals surface area contributed by atoms with Crippen LogP contribution in [0.15, 0.2) is 12.2 Å². The molecule has 0 radical (unpaired) electrons. The minimum Gasteiger partial charge on any atom is -0.462 e. The Kier molecular flexibility index (Phi) is 5.16. The van der Waals surface area contributed by atoms with Gasteiger partial charge in [0.05, 0.1) is 18.3 Å². The fraction of sp³-hybridized carbons (Fsp3) is 0.833. The summed E-state index contributed by atoms with van der Waals surface area (Å²) in [6, 6.07) is 0. The van der Waals surface area contributed by atoms with Crippen LogP contribution in [0.4, 0.5) is 0 Å². The summed E-state index contributed by atoms with van der Waals surface area (Å²) in [5.41, 5.74) is -1.53. The number of ether oxygens (including phenoxy) is 2. The zero-order chi connectivity index (χ0) is 23.1. The van der Waals surface area contributed by atoms with E-state index in [0.29, 0.717) is 24.8 Å². The van der Waals surface area contributed by atoms with E-state index in [-0.39, 0.29) is 18.3 Å². The molecule has 0 saturated heterocycles. The van der Waals surface area contributed by atoms with Crippen molar-refractivity contribution in [3.63, 3.8) is 0 Å². The minimum atomic E-state index is -0.928. The fourth-order valence-corrected chi connectivity index (χ4v) is 8.18. The van der Waals surface area contributed by atoms with Crippen LogP contribution in [0, 0.1) is 34.0 Å². The van der Waals surface area contributed by atoms with E-state index in [0.717, 1.165) is 0 Å². The lowest BCUT2D eigenvalue weighted by Gasteiger charge is -2.68. The first-order chi connectivity index (χ1) is 14.3. The number of aliphatic hydroxyl groups excluding tert-OH is 3. The quantitative estimate of drug-likeness (QED) is 0.448. The van der Waals surface area contributed by atoms with E-state index >= 15 is 0 Å². The summed E-state index contributed by atoms with van der Waals surface area (Å²) >= 11 is 0. The van der Waals surface area contributed by atoms with Crippen LogP contribution in [0.5, 0.6) is 0 Å². The summed E-state index contributed by atoms with van der Waals surface area (Å²) in [6.07, 6.45) is -1.96. The zero-order valence-electron chi connectivity index (χ0n) is 19.1. The summed E-state index contributed by atoms with van der Waals surface area (Å²) in [5, 5.41) is 33.9. The Bertz CT molecular complexity index is 806. The Balaban J connectivity index is 1.93. The molecule has 4 aliphatic carbocycles. The molecule has 0 aromatic carbocycles. The molecule has 0 aliphatic heterocycles. The predicted octanol–water partition coefficient (Wildman–Crippen LogP) is 1.97. The molecular weight excluding hydrogens is 400 g/mol. The number of aliphatic hydroxyl groups is 3. The van der Waals surface area contributed by atoms with Crippen molar-refractivity contribution < 1.29 is 34.4 Å². The average Bonchev–Trinajstić information content (AvgIpc) is 2.84. The van der Waals surface area contributed by atoms with Crippen LogP contribution >= 0.6 is 0 Å². The molecule has 7 nitrogen and oxygen atoms in total. The lowest BCUT2D eigenvalue weighted by Crippen LogP contribution is -2.72. The summed E-state index contributed by atoms with van der Waals surface area (Å²) in [6.45, 7) is 12.8. The minimum absolute atomic E-state index is 0.0419. The van der Waals surface area contributed by atoms with Gasteiger partial charge in [0.2, 0.25) is 0 Å². The fourth-order valence-electron chi connectivity index (χ4n) is 8.18. The summed E-state index contributed by atoms with van der Waals surface area (Å²) in [4.78, 5) is 24.1. The molecule has 0 amide bonds. The van der Waals surface area contributed by atoms with Gasteiger partial charge >= 0.3 is 11.9 Å². The van der Waals surface area contributed by atoms with E-state index in [2.05, 4.69) is 6.58 Å². The molecule has 0 unspecified atom stereocenters. The third kappa shape index (κ3) is 2.89. The molecule has 0 aromatic heterocycles. The SMILES string of the molecule is C=C1[C@@H]2C[C@H](OC(C)=O)[C@H]3[C@]4(C)[C@@H](OC(C)=O)C[C@H](O)C(C)(C)[C@H]4C[C@H](O)[C@]3(C2)[C@@H]1O. The normalized spacial score (nSPS) is 50.3. The smallest absolute Gasteiger partial charge is 0.302 e. The van der Waals surface area contributed by atoms with Crippen molar-refractivity contribution in [1.82, 2.24) is 0 Å². The van der Waals surface area contributed by atoms with Crippen molar-refractivity contribution in [2.45, 2.75) is 90.8 Å². The Hall–Kier alpha value is -1.44. The number of hydrogen-bond donors (Lipinski definition) is 3. The predicted molar refractivity (Wildman–Crippen MR) is 112 cm³/mol. The van der Waals surface area contributed by atoms with E-state index in [1.165, 1.54) is 13.8 Å². The number of hydrogen-bond acceptors (Lipinski definition) is 7. The van der Waals surface area contributed by atoms with Gasteiger partial charge in [-0.15, -0.1) is 0 Å². The topological polar surface area (TPSA) is 113 Å². The highest BCUT2D eigenvalue weighted by atomic mass is 16.6. The second kappa shape index (κ2) is 7.03. The second-order valence-electron chi connectivity index (χ2n) is 11.2. The highest BCUT2D eigenvalue weighted by Crippen LogP contribution is 2.72. The van der Waals surface area contributed by atoms with Crippen LogP contribution in [0.2, 0.25) is 0 Å². The lowest BCUT2D eigenvalue weighted by molar-refractivity contribution is -0.291. The van der Waals surface area contributed by atoms with Crippen molar-refractivity contribution in [2.24, 2.45) is 34.0 Å². The molecule has 7 heteroatoms. The Morgan fingerprint density at radius 2 is 1.58 bits per heavy atom. The van der Waals surface area contributed by atoms with Crippen LogP contribution in [0.25, 0.3) is 0 Å². The Labute approximate surface area is 183 Å². The second-order valence-corrected chi connectivity index (χ2v) is 11.2. The van der Waals surface area contributed by atoms with Crippen molar-refractivity contribution in [3.05, 3.63) is 12.2 Å². The molecule has 4 aliphatic rings. The van der Waals surface area contributed by atoms with E-state index in [9.17, 15) is 24.9 Å². The number of esters is 2. The van der Waals surface area contributed by atoms with Gasteiger partial charge in [-0.2, -0.15) is 0 Å². The molecule has 10 atom stereocenters. The van der Waals surface area contributed by atoms with Gasteiger partial charge in [-0.1, -0.05) is 27.4 Å².